The first-order valence-corrected chi connectivity index (χ1v) is 8.17. The van der Waals surface area contributed by atoms with Gasteiger partial charge in [0, 0.05) is 25.5 Å². The zero-order valence-corrected chi connectivity index (χ0v) is 13.1. The zero-order chi connectivity index (χ0) is 15.4. The van der Waals surface area contributed by atoms with Crippen LogP contribution in [0.3, 0.4) is 0 Å². The second-order valence-electron chi connectivity index (χ2n) is 6.06. The van der Waals surface area contributed by atoms with Gasteiger partial charge in [0.15, 0.2) is 5.82 Å². The normalized spacial score (nSPS) is 25.7. The average molecular weight is 308 g/mol. The van der Waals surface area contributed by atoms with Crippen molar-refractivity contribution in [3.8, 4) is 0 Å². The van der Waals surface area contributed by atoms with Crippen molar-refractivity contribution in [2.45, 2.75) is 38.6 Å². The molecule has 0 radical (unpaired) electrons. The highest BCUT2D eigenvalue weighted by atomic mass is 16.5. The van der Waals surface area contributed by atoms with Crippen molar-refractivity contribution < 1.29 is 14.1 Å². The van der Waals surface area contributed by atoms with E-state index in [9.17, 15) is 4.79 Å². The average Bonchev–Trinajstić information content (AvgIpc) is 3.26. The SMILES string of the molecule is CCc1nc([C@H]2CCCN2CC(=O)NC[C@@H]2CCOC2)no1. The van der Waals surface area contributed by atoms with Gasteiger partial charge in [-0.3, -0.25) is 9.69 Å². The van der Waals surface area contributed by atoms with Gasteiger partial charge in [0.1, 0.15) is 0 Å². The second kappa shape index (κ2) is 7.19. The molecule has 2 aliphatic rings. The van der Waals surface area contributed by atoms with Crippen molar-refractivity contribution in [3.63, 3.8) is 0 Å². The monoisotopic (exact) mass is 308 g/mol. The van der Waals surface area contributed by atoms with Gasteiger partial charge in [0.05, 0.1) is 19.2 Å². The van der Waals surface area contributed by atoms with E-state index in [1.54, 1.807) is 0 Å². The number of ether oxygens (including phenoxy) is 1. The van der Waals surface area contributed by atoms with Crippen molar-refractivity contribution in [3.05, 3.63) is 11.7 Å². The Hall–Kier alpha value is -1.47. The molecule has 22 heavy (non-hydrogen) atoms. The van der Waals surface area contributed by atoms with Gasteiger partial charge in [-0.15, -0.1) is 0 Å². The summed E-state index contributed by atoms with van der Waals surface area (Å²) in [5, 5.41) is 7.07. The van der Waals surface area contributed by atoms with Crippen LogP contribution in [0.25, 0.3) is 0 Å². The molecule has 7 nitrogen and oxygen atoms in total. The standard InChI is InChI=1S/C15H24N4O3/c1-2-14-17-15(18-22-14)12-4-3-6-19(12)9-13(20)16-8-11-5-7-21-10-11/h11-12H,2-10H2,1H3,(H,16,20)/t11-,12+/m0/s1. The predicted molar refractivity (Wildman–Crippen MR) is 79.2 cm³/mol. The van der Waals surface area contributed by atoms with Crippen LogP contribution in [-0.2, 0) is 16.0 Å². The van der Waals surface area contributed by atoms with Gasteiger partial charge in [-0.1, -0.05) is 12.1 Å². The molecule has 7 heteroatoms. The summed E-state index contributed by atoms with van der Waals surface area (Å²) in [6.07, 6.45) is 3.82. The Labute approximate surface area is 130 Å². The Morgan fingerprint density at radius 1 is 1.45 bits per heavy atom. The van der Waals surface area contributed by atoms with Gasteiger partial charge in [-0.25, -0.2) is 0 Å². The molecule has 2 saturated heterocycles. The minimum Gasteiger partial charge on any atom is -0.381 e. The topological polar surface area (TPSA) is 80.5 Å². The molecular weight excluding hydrogens is 284 g/mol. The minimum atomic E-state index is 0.0676. The molecule has 3 heterocycles. The van der Waals surface area contributed by atoms with Gasteiger partial charge in [0.2, 0.25) is 11.8 Å². The van der Waals surface area contributed by atoms with Gasteiger partial charge >= 0.3 is 0 Å². The highest BCUT2D eigenvalue weighted by Crippen LogP contribution is 2.29. The highest BCUT2D eigenvalue weighted by molar-refractivity contribution is 5.78. The van der Waals surface area contributed by atoms with E-state index in [-0.39, 0.29) is 11.9 Å². The van der Waals surface area contributed by atoms with Crippen LogP contribution in [0, 0.1) is 5.92 Å². The second-order valence-corrected chi connectivity index (χ2v) is 6.06. The molecule has 0 spiro atoms. The summed E-state index contributed by atoms with van der Waals surface area (Å²) in [6, 6.07) is 0.101. The maximum absolute atomic E-state index is 12.1. The predicted octanol–water partition coefficient (Wildman–Crippen LogP) is 0.922. The lowest BCUT2D eigenvalue weighted by molar-refractivity contribution is -0.122. The van der Waals surface area contributed by atoms with E-state index in [1.165, 1.54) is 0 Å². The molecule has 2 fully saturated rings. The van der Waals surface area contributed by atoms with Gasteiger partial charge in [-0.2, -0.15) is 4.98 Å². The third-order valence-electron chi connectivity index (χ3n) is 4.41. The molecule has 1 aromatic heterocycles. The number of likely N-dealkylation sites (tertiary alicyclic amines) is 1. The highest BCUT2D eigenvalue weighted by Gasteiger charge is 2.31. The number of aryl methyl sites for hydroxylation is 1. The van der Waals surface area contributed by atoms with Crippen LogP contribution in [0.1, 0.15) is 43.9 Å². The summed E-state index contributed by atoms with van der Waals surface area (Å²) < 4.78 is 10.5. The molecule has 0 aliphatic carbocycles. The van der Waals surface area contributed by atoms with Crippen LogP contribution < -0.4 is 5.32 Å². The molecule has 1 N–H and O–H groups in total. The molecule has 2 aliphatic heterocycles. The summed E-state index contributed by atoms with van der Waals surface area (Å²) in [5.41, 5.74) is 0. The lowest BCUT2D eigenvalue weighted by atomic mass is 10.1. The Morgan fingerprint density at radius 3 is 3.09 bits per heavy atom. The maximum Gasteiger partial charge on any atom is 0.234 e. The number of rotatable bonds is 6. The van der Waals surface area contributed by atoms with Crippen molar-refractivity contribution in [2.75, 3.05) is 32.8 Å². The lowest BCUT2D eigenvalue weighted by Crippen LogP contribution is -2.39. The zero-order valence-electron chi connectivity index (χ0n) is 13.1. The van der Waals surface area contributed by atoms with Crippen molar-refractivity contribution in [2.24, 2.45) is 5.92 Å². The van der Waals surface area contributed by atoms with E-state index >= 15 is 0 Å². The van der Waals surface area contributed by atoms with E-state index in [0.717, 1.165) is 45.4 Å². The van der Waals surface area contributed by atoms with Crippen LogP contribution in [0.15, 0.2) is 4.52 Å². The smallest absolute Gasteiger partial charge is 0.234 e. The minimum absolute atomic E-state index is 0.0676. The fraction of sp³-hybridized carbons (Fsp3) is 0.800. The molecule has 1 amide bonds. The summed E-state index contributed by atoms with van der Waals surface area (Å²) >= 11 is 0. The van der Waals surface area contributed by atoms with Crippen LogP contribution in [0.2, 0.25) is 0 Å². The Balaban J connectivity index is 1.50. The molecule has 0 bridgehead atoms. The summed E-state index contributed by atoms with van der Waals surface area (Å²) in [5.74, 6) is 1.90. The maximum atomic E-state index is 12.1. The molecule has 0 aromatic carbocycles. The molecule has 0 unspecified atom stereocenters. The van der Waals surface area contributed by atoms with E-state index in [1.807, 2.05) is 6.92 Å². The molecule has 1 aromatic rings. The van der Waals surface area contributed by atoms with Crippen molar-refractivity contribution in [1.82, 2.24) is 20.4 Å². The molecule has 122 valence electrons. The number of nitrogens with one attached hydrogen (secondary N) is 1. The van der Waals surface area contributed by atoms with E-state index < -0.39 is 0 Å². The number of amides is 1. The number of nitrogens with zero attached hydrogens (tertiary/aromatic N) is 3. The fourth-order valence-corrected chi connectivity index (χ4v) is 3.10. The van der Waals surface area contributed by atoms with Gasteiger partial charge < -0.3 is 14.6 Å². The Kier molecular flexibility index (Phi) is 5.04. The number of hydrogen-bond donors (Lipinski definition) is 1. The van der Waals surface area contributed by atoms with E-state index in [0.29, 0.717) is 30.7 Å². The number of carbonyl (C=O) groups is 1. The third kappa shape index (κ3) is 3.64. The first-order chi connectivity index (χ1) is 10.8. The fourth-order valence-electron chi connectivity index (χ4n) is 3.10. The number of hydrogen-bond acceptors (Lipinski definition) is 6. The third-order valence-corrected chi connectivity index (χ3v) is 4.41. The molecule has 2 atom stereocenters. The molecular formula is C15H24N4O3. The summed E-state index contributed by atoms with van der Waals surface area (Å²) in [4.78, 5) is 18.7. The molecule has 0 saturated carbocycles. The largest absolute Gasteiger partial charge is 0.381 e. The lowest BCUT2D eigenvalue weighted by Gasteiger charge is -2.21. The number of aromatic nitrogens is 2. The van der Waals surface area contributed by atoms with Crippen LogP contribution in [0.5, 0.6) is 0 Å². The van der Waals surface area contributed by atoms with Crippen molar-refractivity contribution in [1.29, 1.82) is 0 Å². The van der Waals surface area contributed by atoms with E-state index in [2.05, 4.69) is 20.4 Å². The van der Waals surface area contributed by atoms with Gasteiger partial charge in [-0.05, 0) is 25.8 Å². The number of carbonyl (C=O) groups excluding carboxylic acids is 1. The van der Waals surface area contributed by atoms with Crippen LogP contribution in [0.4, 0.5) is 0 Å². The summed E-state index contributed by atoms with van der Waals surface area (Å²) in [6.45, 7) is 5.57. The van der Waals surface area contributed by atoms with E-state index in [4.69, 9.17) is 9.26 Å². The van der Waals surface area contributed by atoms with Crippen LogP contribution in [-0.4, -0.2) is 53.8 Å². The van der Waals surface area contributed by atoms with Gasteiger partial charge in [0.25, 0.3) is 0 Å². The molecule has 3 rings (SSSR count). The Morgan fingerprint density at radius 2 is 2.36 bits per heavy atom. The Bertz CT molecular complexity index is 499. The first kappa shape index (κ1) is 15.4. The summed E-state index contributed by atoms with van der Waals surface area (Å²) in [7, 11) is 0. The van der Waals surface area contributed by atoms with Crippen LogP contribution >= 0.6 is 0 Å². The first-order valence-electron chi connectivity index (χ1n) is 8.17. The van der Waals surface area contributed by atoms with Crippen molar-refractivity contribution >= 4 is 5.91 Å². The quantitative estimate of drug-likeness (QED) is 0.842.